The number of ether oxygens (including phenoxy) is 1. The molecule has 7 heteroatoms. The summed E-state index contributed by atoms with van der Waals surface area (Å²) in [5, 5.41) is 7.15. The number of hydrogen-bond acceptors (Lipinski definition) is 5. The number of aryl methyl sites for hydroxylation is 2. The molecule has 1 aromatic heterocycles. The van der Waals surface area contributed by atoms with Crippen LogP contribution in [0.3, 0.4) is 0 Å². The third kappa shape index (κ3) is 2.58. The molecule has 7 nitrogen and oxygen atoms in total. The summed E-state index contributed by atoms with van der Waals surface area (Å²) in [5.41, 5.74) is 7.62. The minimum atomic E-state index is -0.359. The Morgan fingerprint density at radius 2 is 2.35 bits per heavy atom. The average molecular weight is 281 g/mol. The summed E-state index contributed by atoms with van der Waals surface area (Å²) in [6, 6.07) is -0.359. The van der Waals surface area contributed by atoms with E-state index in [-0.39, 0.29) is 11.9 Å². The predicted octanol–water partition coefficient (Wildman–Crippen LogP) is 0.135. The molecule has 20 heavy (non-hydrogen) atoms. The maximum absolute atomic E-state index is 12.0. The number of likely N-dealkylation sites (N-methyl/N-ethyl adjacent to an activating group) is 1. The van der Waals surface area contributed by atoms with E-state index in [1.165, 1.54) is 0 Å². The fraction of sp³-hybridized carbons (Fsp3) is 0.692. The molecule has 0 spiro atoms. The van der Waals surface area contributed by atoms with Gasteiger partial charge in [0.1, 0.15) is 6.04 Å². The van der Waals surface area contributed by atoms with Gasteiger partial charge in [0.2, 0.25) is 5.91 Å². The Kier molecular flexibility index (Phi) is 4.49. The van der Waals surface area contributed by atoms with Crippen molar-refractivity contribution in [2.45, 2.75) is 32.9 Å². The number of nitrogens with zero attached hydrogens (tertiary/aromatic N) is 3. The van der Waals surface area contributed by atoms with Crippen LogP contribution in [-0.4, -0.2) is 48.5 Å². The largest absolute Gasteiger partial charge is 0.394 e. The van der Waals surface area contributed by atoms with Gasteiger partial charge in [0.15, 0.2) is 5.82 Å². The number of aromatic nitrogens is 2. The third-order valence-electron chi connectivity index (χ3n) is 3.53. The van der Waals surface area contributed by atoms with Gasteiger partial charge >= 0.3 is 0 Å². The number of rotatable bonds is 4. The molecule has 1 fully saturated rings. The molecule has 3 N–H and O–H groups in total. The van der Waals surface area contributed by atoms with Crippen LogP contribution in [0.5, 0.6) is 0 Å². The highest BCUT2D eigenvalue weighted by Crippen LogP contribution is 2.29. The monoisotopic (exact) mass is 281 g/mol. The molecule has 2 rings (SSSR count). The molecule has 0 bridgehead atoms. The van der Waals surface area contributed by atoms with Crippen LogP contribution in [0.2, 0.25) is 0 Å². The molecule has 1 atom stereocenters. The summed E-state index contributed by atoms with van der Waals surface area (Å²) in [6.45, 7) is 6.36. The number of amides is 1. The zero-order valence-corrected chi connectivity index (χ0v) is 12.3. The predicted molar refractivity (Wildman–Crippen MR) is 77.7 cm³/mol. The lowest BCUT2D eigenvalue weighted by molar-refractivity contribution is -0.124. The quantitative estimate of drug-likeness (QED) is 0.819. The first-order chi connectivity index (χ1) is 9.60. The molecule has 1 amide bonds. The van der Waals surface area contributed by atoms with Gasteiger partial charge in [-0.05, 0) is 13.3 Å². The molecule has 0 aliphatic carbocycles. The van der Waals surface area contributed by atoms with Gasteiger partial charge in [-0.25, -0.2) is 4.68 Å². The fourth-order valence-electron chi connectivity index (χ4n) is 2.49. The Morgan fingerprint density at radius 1 is 1.60 bits per heavy atom. The molecule has 2 heterocycles. The molecule has 1 saturated heterocycles. The molecule has 0 radical (unpaired) electrons. The van der Waals surface area contributed by atoms with Crippen LogP contribution in [0.15, 0.2) is 0 Å². The van der Waals surface area contributed by atoms with Crippen LogP contribution < -0.4 is 16.0 Å². The minimum Gasteiger partial charge on any atom is -0.394 e. The number of nitrogen functional groups attached to an aromatic ring is 1. The lowest BCUT2D eigenvalue weighted by Gasteiger charge is -2.36. The number of nitrogens with one attached hydrogen (secondary N) is 1. The molecule has 112 valence electrons. The van der Waals surface area contributed by atoms with Gasteiger partial charge in [0, 0.05) is 20.1 Å². The van der Waals surface area contributed by atoms with Crippen molar-refractivity contribution < 1.29 is 9.53 Å². The first-order valence-corrected chi connectivity index (χ1v) is 6.99. The van der Waals surface area contributed by atoms with Gasteiger partial charge < -0.3 is 20.7 Å². The first kappa shape index (κ1) is 14.6. The van der Waals surface area contributed by atoms with Crippen molar-refractivity contribution in [1.82, 2.24) is 15.1 Å². The van der Waals surface area contributed by atoms with E-state index in [1.54, 1.807) is 7.05 Å². The second-order valence-corrected chi connectivity index (χ2v) is 4.94. The summed E-state index contributed by atoms with van der Waals surface area (Å²) in [4.78, 5) is 14.0. The van der Waals surface area contributed by atoms with E-state index in [4.69, 9.17) is 10.5 Å². The van der Waals surface area contributed by atoms with E-state index in [0.717, 1.165) is 24.5 Å². The first-order valence-electron chi connectivity index (χ1n) is 6.99. The van der Waals surface area contributed by atoms with Crippen molar-refractivity contribution in [3.8, 4) is 0 Å². The van der Waals surface area contributed by atoms with Crippen molar-refractivity contribution in [1.29, 1.82) is 0 Å². The normalized spacial score (nSPS) is 19.1. The van der Waals surface area contributed by atoms with Crippen LogP contribution in [0.4, 0.5) is 11.5 Å². The number of nitrogens with two attached hydrogens (primary N) is 1. The molecule has 1 aliphatic heterocycles. The topological polar surface area (TPSA) is 85.4 Å². The van der Waals surface area contributed by atoms with Gasteiger partial charge in [-0.3, -0.25) is 4.79 Å². The number of hydrogen-bond donors (Lipinski definition) is 2. The maximum atomic E-state index is 12.0. The summed E-state index contributed by atoms with van der Waals surface area (Å²) in [6.07, 6.45) is 0.961. The Balaban J connectivity index is 2.38. The molecular weight excluding hydrogens is 258 g/mol. The van der Waals surface area contributed by atoms with E-state index in [2.05, 4.69) is 17.3 Å². The summed E-state index contributed by atoms with van der Waals surface area (Å²) >= 11 is 0. The second kappa shape index (κ2) is 6.13. The van der Waals surface area contributed by atoms with E-state index in [9.17, 15) is 4.79 Å². The molecule has 0 saturated carbocycles. The maximum Gasteiger partial charge on any atom is 0.244 e. The van der Waals surface area contributed by atoms with Crippen molar-refractivity contribution >= 4 is 17.4 Å². The van der Waals surface area contributed by atoms with Crippen molar-refractivity contribution in [2.75, 3.05) is 37.4 Å². The Bertz CT molecular complexity index is 485. The van der Waals surface area contributed by atoms with Crippen LogP contribution in [0.25, 0.3) is 0 Å². The SMILES string of the molecule is CCCn1nc(C)c(N)c1N1CCOCC1C(=O)NC. The zero-order valence-electron chi connectivity index (χ0n) is 12.3. The highest BCUT2D eigenvalue weighted by Gasteiger charge is 2.32. The van der Waals surface area contributed by atoms with Crippen LogP contribution in [0, 0.1) is 6.92 Å². The van der Waals surface area contributed by atoms with E-state index < -0.39 is 0 Å². The number of morpholine rings is 1. The number of anilines is 2. The average Bonchev–Trinajstić information content (AvgIpc) is 2.73. The van der Waals surface area contributed by atoms with E-state index in [0.29, 0.717) is 25.4 Å². The smallest absolute Gasteiger partial charge is 0.244 e. The number of carbonyl (C=O) groups is 1. The molecule has 1 aromatic rings. The Morgan fingerprint density at radius 3 is 3.00 bits per heavy atom. The summed E-state index contributed by atoms with van der Waals surface area (Å²) < 4.78 is 7.33. The van der Waals surface area contributed by atoms with Crippen LogP contribution in [-0.2, 0) is 16.1 Å². The molecular formula is C13H23N5O2. The lowest BCUT2D eigenvalue weighted by Crippen LogP contribution is -2.54. The van der Waals surface area contributed by atoms with Crippen molar-refractivity contribution in [3.63, 3.8) is 0 Å². The van der Waals surface area contributed by atoms with E-state index >= 15 is 0 Å². The minimum absolute atomic E-state index is 0.0639. The van der Waals surface area contributed by atoms with Gasteiger partial charge in [0.05, 0.1) is 24.6 Å². The standard InChI is InChI=1S/C13H23N5O2/c1-4-5-18-13(11(14)9(2)16-18)17-6-7-20-8-10(17)12(19)15-3/h10H,4-8,14H2,1-3H3,(H,15,19). The van der Waals surface area contributed by atoms with Gasteiger partial charge in [0.25, 0.3) is 0 Å². The Hall–Kier alpha value is -1.76. The lowest BCUT2D eigenvalue weighted by atomic mass is 10.2. The highest BCUT2D eigenvalue weighted by atomic mass is 16.5. The Labute approximate surface area is 119 Å². The number of carbonyl (C=O) groups excluding carboxylic acids is 1. The van der Waals surface area contributed by atoms with Crippen LogP contribution in [0.1, 0.15) is 19.0 Å². The van der Waals surface area contributed by atoms with Gasteiger partial charge in [-0.1, -0.05) is 6.92 Å². The van der Waals surface area contributed by atoms with Gasteiger partial charge in [-0.2, -0.15) is 5.10 Å². The van der Waals surface area contributed by atoms with E-state index in [1.807, 2.05) is 16.5 Å². The third-order valence-corrected chi connectivity index (χ3v) is 3.53. The fourth-order valence-corrected chi connectivity index (χ4v) is 2.49. The van der Waals surface area contributed by atoms with Crippen LogP contribution >= 0.6 is 0 Å². The summed E-state index contributed by atoms with van der Waals surface area (Å²) in [5.74, 6) is 0.771. The highest BCUT2D eigenvalue weighted by molar-refractivity contribution is 5.86. The molecule has 1 aliphatic rings. The molecule has 0 aromatic carbocycles. The van der Waals surface area contributed by atoms with Crippen molar-refractivity contribution in [3.05, 3.63) is 5.69 Å². The van der Waals surface area contributed by atoms with Crippen molar-refractivity contribution in [2.24, 2.45) is 0 Å². The van der Waals surface area contributed by atoms with Gasteiger partial charge in [-0.15, -0.1) is 0 Å². The second-order valence-electron chi connectivity index (χ2n) is 4.94. The molecule has 1 unspecified atom stereocenters. The zero-order chi connectivity index (χ0) is 14.7. The summed E-state index contributed by atoms with van der Waals surface area (Å²) in [7, 11) is 1.63.